The number of rotatable bonds is 5. The molecule has 0 saturated carbocycles. The molecule has 0 fully saturated rings. The number of aromatic nitrogens is 1. The zero-order valence-corrected chi connectivity index (χ0v) is 9.41. The van der Waals surface area contributed by atoms with E-state index in [0.717, 1.165) is 0 Å². The molecule has 17 heavy (non-hydrogen) atoms. The van der Waals surface area contributed by atoms with Crippen molar-refractivity contribution in [1.29, 1.82) is 0 Å². The van der Waals surface area contributed by atoms with E-state index >= 15 is 0 Å². The Balaban J connectivity index is 2.83. The highest BCUT2D eigenvalue weighted by molar-refractivity contribution is 6.30. The van der Waals surface area contributed by atoms with Crippen molar-refractivity contribution >= 4 is 23.4 Å². The van der Waals surface area contributed by atoms with Gasteiger partial charge in [-0.25, -0.2) is 4.98 Å². The fraction of sp³-hybridized carbons (Fsp3) is 0.222. The van der Waals surface area contributed by atoms with Gasteiger partial charge < -0.3 is 0 Å². The monoisotopic (exact) mass is 253 g/mol. The molecule has 1 aromatic heterocycles. The molecule has 0 aliphatic carbocycles. The minimum atomic E-state index is -0.550. The third-order valence-corrected chi connectivity index (χ3v) is 2.00. The molecule has 1 heterocycles. The molecule has 1 rings (SSSR count). The number of pyridine rings is 1. The fourth-order valence-corrected chi connectivity index (χ4v) is 1.24. The molecule has 0 bridgehead atoms. The van der Waals surface area contributed by atoms with Crippen molar-refractivity contribution in [3.8, 4) is 0 Å². The van der Waals surface area contributed by atoms with Crippen LogP contribution < -0.4 is 0 Å². The summed E-state index contributed by atoms with van der Waals surface area (Å²) >= 11 is 5.62. The molecule has 0 atom stereocenters. The first kappa shape index (κ1) is 13.0. The Labute approximate surface area is 102 Å². The summed E-state index contributed by atoms with van der Waals surface area (Å²) in [5, 5.41) is 14.3. The summed E-state index contributed by atoms with van der Waals surface area (Å²) in [4.78, 5) is 16.6. The molecule has 0 radical (unpaired) electrons. The molecular formula is C9H8ClN5O2. The maximum Gasteiger partial charge on any atom is 0.296 e. The van der Waals surface area contributed by atoms with Gasteiger partial charge in [0.25, 0.3) is 5.69 Å². The topological polar surface area (TPSA) is 105 Å². The summed E-state index contributed by atoms with van der Waals surface area (Å²) in [6.45, 7) is 0.300. The van der Waals surface area contributed by atoms with Gasteiger partial charge in [-0.1, -0.05) is 22.8 Å². The number of azide groups is 1. The first-order valence-corrected chi connectivity index (χ1v) is 5.00. The Kier molecular flexibility index (Phi) is 4.93. The van der Waals surface area contributed by atoms with Crippen LogP contribution in [0.5, 0.6) is 0 Å². The highest BCUT2D eigenvalue weighted by Crippen LogP contribution is 2.21. The minimum Gasteiger partial charge on any atom is -0.258 e. The van der Waals surface area contributed by atoms with E-state index in [0.29, 0.717) is 13.0 Å². The second kappa shape index (κ2) is 6.47. The highest BCUT2D eigenvalue weighted by atomic mass is 35.5. The molecule has 88 valence electrons. The normalized spacial score (nSPS) is 10.2. The van der Waals surface area contributed by atoms with Crippen LogP contribution in [-0.4, -0.2) is 16.5 Å². The van der Waals surface area contributed by atoms with Crippen LogP contribution in [0.2, 0.25) is 5.02 Å². The van der Waals surface area contributed by atoms with E-state index in [4.69, 9.17) is 17.1 Å². The Morgan fingerprint density at radius 1 is 1.71 bits per heavy atom. The maximum atomic E-state index is 10.7. The average molecular weight is 254 g/mol. The van der Waals surface area contributed by atoms with E-state index in [1.54, 1.807) is 6.08 Å². The number of nitrogens with zero attached hydrogens (tertiary/aromatic N) is 5. The van der Waals surface area contributed by atoms with Gasteiger partial charge in [0.15, 0.2) is 0 Å². The second-order valence-electron chi connectivity index (χ2n) is 2.96. The Bertz CT molecular complexity index is 496. The van der Waals surface area contributed by atoms with Crippen molar-refractivity contribution in [2.75, 3.05) is 6.54 Å². The summed E-state index contributed by atoms with van der Waals surface area (Å²) in [5.41, 5.74) is 8.12. The van der Waals surface area contributed by atoms with Crippen LogP contribution in [0.15, 0.2) is 23.5 Å². The molecule has 0 aliphatic heterocycles. The largest absolute Gasteiger partial charge is 0.296 e. The van der Waals surface area contributed by atoms with Crippen LogP contribution in [0.25, 0.3) is 16.5 Å². The third kappa shape index (κ3) is 4.10. The lowest BCUT2D eigenvalue weighted by Crippen LogP contribution is -1.94. The van der Waals surface area contributed by atoms with E-state index in [2.05, 4.69) is 15.0 Å². The predicted molar refractivity (Wildman–Crippen MR) is 63.6 cm³/mol. The lowest BCUT2D eigenvalue weighted by Gasteiger charge is -1.96. The molecule has 0 aliphatic rings. The van der Waals surface area contributed by atoms with Gasteiger partial charge in [-0.3, -0.25) is 10.1 Å². The van der Waals surface area contributed by atoms with Crippen LogP contribution in [0.3, 0.4) is 0 Å². The molecule has 1 aromatic rings. The van der Waals surface area contributed by atoms with E-state index in [1.165, 1.54) is 18.3 Å². The van der Waals surface area contributed by atoms with Gasteiger partial charge in [-0.15, -0.1) is 0 Å². The van der Waals surface area contributed by atoms with Gasteiger partial charge in [-0.05, 0) is 18.0 Å². The summed E-state index contributed by atoms with van der Waals surface area (Å²) in [6, 6.07) is 1.24. The van der Waals surface area contributed by atoms with Crippen molar-refractivity contribution < 1.29 is 4.92 Å². The Morgan fingerprint density at radius 2 is 2.47 bits per heavy atom. The second-order valence-corrected chi connectivity index (χ2v) is 3.40. The smallest absolute Gasteiger partial charge is 0.258 e. The van der Waals surface area contributed by atoms with Crippen molar-refractivity contribution in [2.24, 2.45) is 5.11 Å². The van der Waals surface area contributed by atoms with E-state index < -0.39 is 4.92 Å². The van der Waals surface area contributed by atoms with Crippen LogP contribution in [0.1, 0.15) is 12.1 Å². The van der Waals surface area contributed by atoms with E-state index in [-0.39, 0.29) is 16.4 Å². The molecule has 0 N–H and O–H groups in total. The molecule has 0 aromatic carbocycles. The summed E-state index contributed by atoms with van der Waals surface area (Å²) in [6.07, 6.45) is 4.98. The Hall–Kier alpha value is -2.11. The minimum absolute atomic E-state index is 0.155. The number of hydrogen-bond donors (Lipinski definition) is 0. The van der Waals surface area contributed by atoms with Crippen LogP contribution in [-0.2, 0) is 0 Å². The van der Waals surface area contributed by atoms with Crippen LogP contribution in [0, 0.1) is 10.1 Å². The molecule has 8 heteroatoms. The number of nitro groups is 1. The zero-order chi connectivity index (χ0) is 12.7. The van der Waals surface area contributed by atoms with Gasteiger partial charge >= 0.3 is 0 Å². The maximum absolute atomic E-state index is 10.7. The average Bonchev–Trinajstić information content (AvgIpc) is 2.30. The SMILES string of the molecule is [N-]=[N+]=NCCC=Cc1ncc(Cl)cc1[N+](=O)[O-]. The third-order valence-electron chi connectivity index (χ3n) is 1.80. The van der Waals surface area contributed by atoms with Crippen molar-refractivity contribution in [1.82, 2.24) is 4.98 Å². The van der Waals surface area contributed by atoms with Crippen LogP contribution in [0.4, 0.5) is 5.69 Å². The van der Waals surface area contributed by atoms with Crippen molar-refractivity contribution in [3.05, 3.63) is 49.6 Å². The standard InChI is InChI=1S/C9H8ClN5O2/c10-7-5-9(15(16)17)8(12-6-7)3-1-2-4-13-14-11/h1,3,5-6H,2,4H2. The summed E-state index contributed by atoms with van der Waals surface area (Å²) < 4.78 is 0. The zero-order valence-electron chi connectivity index (χ0n) is 8.65. The Morgan fingerprint density at radius 3 is 3.12 bits per heavy atom. The van der Waals surface area contributed by atoms with Gasteiger partial charge in [-0.2, -0.15) is 0 Å². The molecule has 0 amide bonds. The van der Waals surface area contributed by atoms with Gasteiger partial charge in [0, 0.05) is 23.7 Å². The lowest BCUT2D eigenvalue weighted by molar-refractivity contribution is -0.385. The van der Waals surface area contributed by atoms with Crippen LogP contribution >= 0.6 is 11.6 Å². The van der Waals surface area contributed by atoms with Gasteiger partial charge in [0.2, 0.25) is 0 Å². The summed E-state index contributed by atoms with van der Waals surface area (Å²) in [7, 11) is 0. The first-order chi connectivity index (χ1) is 8.15. The highest BCUT2D eigenvalue weighted by Gasteiger charge is 2.13. The molecule has 0 unspecified atom stereocenters. The molecular weight excluding hydrogens is 246 g/mol. The van der Waals surface area contributed by atoms with Gasteiger partial charge in [0.1, 0.15) is 5.69 Å². The quantitative estimate of drug-likeness (QED) is 0.201. The molecule has 0 saturated heterocycles. The lowest BCUT2D eigenvalue weighted by atomic mass is 10.2. The van der Waals surface area contributed by atoms with Crippen molar-refractivity contribution in [3.63, 3.8) is 0 Å². The van der Waals surface area contributed by atoms with E-state index in [9.17, 15) is 10.1 Å². The molecule has 0 spiro atoms. The number of halogens is 1. The fourth-order valence-electron chi connectivity index (χ4n) is 1.09. The van der Waals surface area contributed by atoms with Crippen molar-refractivity contribution in [2.45, 2.75) is 6.42 Å². The van der Waals surface area contributed by atoms with Gasteiger partial charge in [0.05, 0.1) is 9.95 Å². The number of hydrogen-bond acceptors (Lipinski definition) is 4. The first-order valence-electron chi connectivity index (χ1n) is 4.62. The summed E-state index contributed by atoms with van der Waals surface area (Å²) in [5.74, 6) is 0. The molecule has 7 nitrogen and oxygen atoms in total. The predicted octanol–water partition coefficient (Wildman–Crippen LogP) is 3.36. The van der Waals surface area contributed by atoms with E-state index in [1.807, 2.05) is 0 Å².